The number of aromatic nitrogens is 3. The fourth-order valence-corrected chi connectivity index (χ4v) is 2.70. The van der Waals surface area contributed by atoms with Gasteiger partial charge in [0.1, 0.15) is 6.33 Å². The Hall–Kier alpha value is -3.27. The second kappa shape index (κ2) is 8.21. The molecule has 0 bridgehead atoms. The van der Waals surface area contributed by atoms with E-state index < -0.39 is 11.1 Å². The molecule has 0 atom stereocenters. The highest BCUT2D eigenvalue weighted by atomic mass is 32.2. The molecule has 1 fully saturated rings. The van der Waals surface area contributed by atoms with Crippen LogP contribution in [0.5, 0.6) is 0 Å². The summed E-state index contributed by atoms with van der Waals surface area (Å²) in [5, 5.41) is 7.46. The first-order valence-electron chi connectivity index (χ1n) is 7.63. The quantitative estimate of drug-likeness (QED) is 0.509. The molecule has 0 unspecified atom stereocenters. The van der Waals surface area contributed by atoms with Gasteiger partial charge in [-0.15, -0.1) is 0 Å². The molecule has 0 aliphatic carbocycles. The molecule has 0 saturated carbocycles. The maximum atomic E-state index is 11.9. The van der Waals surface area contributed by atoms with Gasteiger partial charge in [-0.05, 0) is 23.9 Å². The van der Waals surface area contributed by atoms with E-state index in [1.807, 2.05) is 6.07 Å². The molecule has 1 aliphatic heterocycles. The predicted molar refractivity (Wildman–Crippen MR) is 96.2 cm³/mol. The fraction of sp³-hybridized carbons (Fsp3) is 0.125. The van der Waals surface area contributed by atoms with Crippen LogP contribution < -0.4 is 16.0 Å². The number of anilines is 1. The monoisotopic (exact) mass is 370 g/mol. The Morgan fingerprint density at radius 3 is 2.69 bits per heavy atom. The van der Waals surface area contributed by atoms with E-state index in [-0.39, 0.29) is 16.6 Å². The summed E-state index contributed by atoms with van der Waals surface area (Å²) in [6.07, 6.45) is 2.71. The maximum absolute atomic E-state index is 11.9. The molecule has 0 radical (unpaired) electrons. The van der Waals surface area contributed by atoms with Crippen LogP contribution in [0.15, 0.2) is 41.6 Å². The predicted octanol–water partition coefficient (Wildman–Crippen LogP) is 1.04. The molecule has 26 heavy (non-hydrogen) atoms. The second-order valence-corrected chi connectivity index (χ2v) is 6.08. The first-order valence-corrected chi connectivity index (χ1v) is 8.44. The Balaban J connectivity index is 1.51. The molecule has 2 heterocycles. The van der Waals surface area contributed by atoms with Crippen LogP contribution >= 0.6 is 11.8 Å². The van der Waals surface area contributed by atoms with Gasteiger partial charge in [0, 0.05) is 24.7 Å². The lowest BCUT2D eigenvalue weighted by molar-refractivity contribution is -0.115. The van der Waals surface area contributed by atoms with Crippen LogP contribution in [0.2, 0.25) is 0 Å². The first-order chi connectivity index (χ1) is 12.6. The Kier molecular flexibility index (Phi) is 5.54. The summed E-state index contributed by atoms with van der Waals surface area (Å²) in [4.78, 5) is 46.9. The lowest BCUT2D eigenvalue weighted by Crippen LogP contribution is -2.29. The number of carbonyl (C=O) groups is 3. The Labute approximate surface area is 152 Å². The SMILES string of the molecule is O=C1NC(=O)C(=Cc2ncnc(NCCNC(=O)c3ccccc3)n2)S1. The minimum Gasteiger partial charge on any atom is -0.352 e. The molecule has 9 nitrogen and oxygen atoms in total. The van der Waals surface area contributed by atoms with Crippen molar-refractivity contribution in [1.82, 2.24) is 25.6 Å². The van der Waals surface area contributed by atoms with Crippen molar-refractivity contribution in [1.29, 1.82) is 0 Å². The third-order valence-electron chi connectivity index (χ3n) is 3.22. The average molecular weight is 370 g/mol. The normalized spacial score (nSPS) is 15.0. The van der Waals surface area contributed by atoms with E-state index in [1.54, 1.807) is 24.3 Å². The van der Waals surface area contributed by atoms with E-state index in [0.29, 0.717) is 24.6 Å². The molecule has 3 N–H and O–H groups in total. The van der Waals surface area contributed by atoms with E-state index >= 15 is 0 Å². The molecule has 1 aliphatic rings. The third kappa shape index (κ3) is 4.63. The largest absolute Gasteiger partial charge is 0.352 e. The lowest BCUT2D eigenvalue weighted by Gasteiger charge is -2.07. The molecule has 1 aromatic heterocycles. The summed E-state index contributed by atoms with van der Waals surface area (Å²) in [7, 11) is 0. The number of hydrogen-bond donors (Lipinski definition) is 3. The molecular weight excluding hydrogens is 356 g/mol. The van der Waals surface area contributed by atoms with Gasteiger partial charge in [0.25, 0.3) is 17.1 Å². The zero-order valence-electron chi connectivity index (χ0n) is 13.4. The minimum absolute atomic E-state index is 0.164. The minimum atomic E-state index is -0.474. The molecule has 10 heteroatoms. The summed E-state index contributed by atoms with van der Waals surface area (Å²) >= 11 is 0.790. The van der Waals surface area contributed by atoms with Gasteiger partial charge >= 0.3 is 0 Å². The van der Waals surface area contributed by atoms with Gasteiger partial charge in [-0.1, -0.05) is 18.2 Å². The van der Waals surface area contributed by atoms with Crippen molar-refractivity contribution >= 4 is 40.8 Å². The van der Waals surface area contributed by atoms with Crippen LogP contribution in [-0.4, -0.2) is 45.1 Å². The highest BCUT2D eigenvalue weighted by molar-refractivity contribution is 8.18. The standard InChI is InChI=1S/C16H14N6O3S/c23-13(10-4-2-1-3-5-10)17-6-7-18-15-20-9-19-12(21-15)8-11-14(24)22-16(25)26-11/h1-5,8-9H,6-7H2,(H,17,23)(H,22,24,25)(H,18,19,20,21). The lowest BCUT2D eigenvalue weighted by atomic mass is 10.2. The van der Waals surface area contributed by atoms with Gasteiger partial charge in [0.2, 0.25) is 5.95 Å². The number of carbonyl (C=O) groups excluding carboxylic acids is 3. The van der Waals surface area contributed by atoms with Crippen molar-refractivity contribution in [3.05, 3.63) is 53.0 Å². The zero-order valence-corrected chi connectivity index (χ0v) is 14.2. The van der Waals surface area contributed by atoms with Crippen molar-refractivity contribution in [3.63, 3.8) is 0 Å². The summed E-state index contributed by atoms with van der Waals surface area (Å²) < 4.78 is 0. The fourth-order valence-electron chi connectivity index (χ4n) is 2.04. The van der Waals surface area contributed by atoms with Gasteiger partial charge in [-0.25, -0.2) is 9.97 Å². The van der Waals surface area contributed by atoms with Gasteiger partial charge in [0.15, 0.2) is 5.82 Å². The molecule has 2 aromatic rings. The Morgan fingerprint density at radius 2 is 1.96 bits per heavy atom. The van der Waals surface area contributed by atoms with Crippen LogP contribution in [-0.2, 0) is 4.79 Å². The van der Waals surface area contributed by atoms with E-state index in [9.17, 15) is 14.4 Å². The molecular formula is C16H14N6O3S. The van der Waals surface area contributed by atoms with Crippen LogP contribution in [0, 0.1) is 0 Å². The van der Waals surface area contributed by atoms with E-state index in [2.05, 4.69) is 30.9 Å². The molecule has 132 valence electrons. The van der Waals surface area contributed by atoms with E-state index in [1.165, 1.54) is 12.4 Å². The van der Waals surface area contributed by atoms with Crippen LogP contribution in [0.3, 0.4) is 0 Å². The highest BCUT2D eigenvalue weighted by Gasteiger charge is 2.25. The van der Waals surface area contributed by atoms with Crippen LogP contribution in [0.25, 0.3) is 6.08 Å². The number of rotatable bonds is 6. The third-order valence-corrected chi connectivity index (χ3v) is 4.03. The van der Waals surface area contributed by atoms with Crippen LogP contribution in [0.4, 0.5) is 10.7 Å². The number of hydrogen-bond acceptors (Lipinski definition) is 8. The number of amides is 3. The van der Waals surface area contributed by atoms with Gasteiger partial charge < -0.3 is 10.6 Å². The average Bonchev–Trinajstić information content (AvgIpc) is 2.96. The first kappa shape index (κ1) is 17.5. The molecule has 0 spiro atoms. The summed E-state index contributed by atoms with van der Waals surface area (Å²) in [6.45, 7) is 0.787. The highest BCUT2D eigenvalue weighted by Crippen LogP contribution is 2.24. The van der Waals surface area contributed by atoms with Crippen molar-refractivity contribution in [3.8, 4) is 0 Å². The summed E-state index contributed by atoms with van der Waals surface area (Å²) in [5.41, 5.74) is 0.587. The number of nitrogens with zero attached hydrogens (tertiary/aromatic N) is 3. The van der Waals surface area contributed by atoms with Gasteiger partial charge in [-0.2, -0.15) is 4.98 Å². The van der Waals surface area contributed by atoms with Crippen molar-refractivity contribution in [2.24, 2.45) is 0 Å². The Bertz CT molecular complexity index is 871. The molecule has 1 saturated heterocycles. The summed E-state index contributed by atoms with van der Waals surface area (Å²) in [5.74, 6) is -0.0836. The number of imide groups is 1. The zero-order chi connectivity index (χ0) is 18.4. The molecule has 3 rings (SSSR count). The number of benzene rings is 1. The molecule has 3 amide bonds. The van der Waals surface area contributed by atoms with E-state index in [0.717, 1.165) is 11.8 Å². The van der Waals surface area contributed by atoms with Crippen molar-refractivity contribution in [2.75, 3.05) is 18.4 Å². The van der Waals surface area contributed by atoms with Crippen molar-refractivity contribution < 1.29 is 14.4 Å². The molecule has 1 aromatic carbocycles. The second-order valence-electron chi connectivity index (χ2n) is 5.07. The summed E-state index contributed by atoms with van der Waals surface area (Å²) in [6, 6.07) is 8.90. The number of nitrogens with one attached hydrogen (secondary N) is 3. The van der Waals surface area contributed by atoms with Crippen molar-refractivity contribution in [2.45, 2.75) is 0 Å². The Morgan fingerprint density at radius 1 is 1.15 bits per heavy atom. The smallest absolute Gasteiger partial charge is 0.290 e. The van der Waals surface area contributed by atoms with Gasteiger partial charge in [0.05, 0.1) is 4.91 Å². The topological polar surface area (TPSA) is 126 Å². The number of thioether (sulfide) groups is 1. The van der Waals surface area contributed by atoms with Gasteiger partial charge in [-0.3, -0.25) is 19.7 Å². The maximum Gasteiger partial charge on any atom is 0.290 e. The van der Waals surface area contributed by atoms with E-state index in [4.69, 9.17) is 0 Å². The van der Waals surface area contributed by atoms with Crippen LogP contribution in [0.1, 0.15) is 16.2 Å².